The minimum atomic E-state index is 0.420. The molecule has 1 aliphatic carbocycles. The maximum absolute atomic E-state index is 6.18. The summed E-state index contributed by atoms with van der Waals surface area (Å²) in [6.07, 6.45) is 2.23. The second-order valence-electron chi connectivity index (χ2n) is 5.11. The largest absolute Gasteiger partial charge is 0.437 e. The molecule has 3 rings (SSSR count). The van der Waals surface area contributed by atoms with Crippen molar-refractivity contribution in [3.63, 3.8) is 0 Å². The Morgan fingerprint density at radius 1 is 1.15 bits per heavy atom. The van der Waals surface area contributed by atoms with Crippen molar-refractivity contribution < 1.29 is 4.74 Å². The number of nitrogens with zero attached hydrogens (tertiary/aromatic N) is 2. The quantitative estimate of drug-likeness (QED) is 0.742. The van der Waals surface area contributed by atoms with Crippen LogP contribution >= 0.6 is 23.2 Å². The Morgan fingerprint density at radius 2 is 1.90 bits per heavy atom. The summed E-state index contributed by atoms with van der Waals surface area (Å²) in [7, 11) is 0. The molecule has 0 amide bonds. The summed E-state index contributed by atoms with van der Waals surface area (Å²) in [6, 6.07) is 5.64. The van der Waals surface area contributed by atoms with Gasteiger partial charge in [-0.15, -0.1) is 0 Å². The van der Waals surface area contributed by atoms with Crippen molar-refractivity contribution in [1.29, 1.82) is 0 Å². The van der Waals surface area contributed by atoms with Gasteiger partial charge in [0.15, 0.2) is 0 Å². The lowest BCUT2D eigenvalue weighted by atomic mass is 10.2. The van der Waals surface area contributed by atoms with Crippen LogP contribution in [0.2, 0.25) is 10.2 Å². The first-order valence-electron chi connectivity index (χ1n) is 6.52. The van der Waals surface area contributed by atoms with Crippen molar-refractivity contribution in [2.24, 2.45) is 0 Å². The Bertz CT molecular complexity index is 669. The van der Waals surface area contributed by atoms with E-state index in [1.165, 1.54) is 0 Å². The lowest BCUT2D eigenvalue weighted by Gasteiger charge is -2.11. The summed E-state index contributed by atoms with van der Waals surface area (Å²) in [4.78, 5) is 8.79. The number of halogens is 2. The number of ether oxygens (including phenoxy) is 1. The van der Waals surface area contributed by atoms with Crippen LogP contribution in [0.4, 0.5) is 0 Å². The molecule has 1 aromatic carbocycles. The Balaban J connectivity index is 1.97. The van der Waals surface area contributed by atoms with Gasteiger partial charge in [0.1, 0.15) is 16.7 Å². The highest BCUT2D eigenvalue weighted by Crippen LogP contribution is 2.40. The van der Waals surface area contributed by atoms with E-state index in [0.29, 0.717) is 27.7 Å². The molecule has 20 heavy (non-hydrogen) atoms. The zero-order valence-corrected chi connectivity index (χ0v) is 12.8. The van der Waals surface area contributed by atoms with Gasteiger partial charge >= 0.3 is 0 Å². The zero-order valence-electron chi connectivity index (χ0n) is 11.3. The molecule has 1 saturated carbocycles. The third kappa shape index (κ3) is 2.74. The summed E-state index contributed by atoms with van der Waals surface area (Å²) in [5.41, 5.74) is 1.81. The number of hydrogen-bond donors (Lipinski definition) is 0. The number of aryl methyl sites for hydroxylation is 1. The lowest BCUT2D eigenvalue weighted by Crippen LogP contribution is -2.00. The SMILES string of the molecule is Cc1ccc(Oc2nc(C3CC3)nc(Cl)c2C)c(Cl)c1. The molecule has 1 fully saturated rings. The molecule has 0 radical (unpaired) electrons. The van der Waals surface area contributed by atoms with Crippen LogP contribution in [0.1, 0.15) is 35.7 Å². The van der Waals surface area contributed by atoms with E-state index in [4.69, 9.17) is 27.9 Å². The molecule has 0 spiro atoms. The van der Waals surface area contributed by atoms with Gasteiger partial charge < -0.3 is 4.74 Å². The molecule has 0 unspecified atom stereocenters. The molecule has 0 N–H and O–H groups in total. The van der Waals surface area contributed by atoms with E-state index < -0.39 is 0 Å². The van der Waals surface area contributed by atoms with Gasteiger partial charge in [-0.1, -0.05) is 29.3 Å². The van der Waals surface area contributed by atoms with Gasteiger partial charge in [0.05, 0.1) is 5.02 Å². The summed E-state index contributed by atoms with van der Waals surface area (Å²) in [5, 5.41) is 1.01. The van der Waals surface area contributed by atoms with E-state index in [2.05, 4.69) is 9.97 Å². The molecule has 0 atom stereocenters. The summed E-state index contributed by atoms with van der Waals surface area (Å²) >= 11 is 12.3. The smallest absolute Gasteiger partial charge is 0.227 e. The van der Waals surface area contributed by atoms with Gasteiger partial charge in [-0.3, -0.25) is 0 Å². The summed E-state index contributed by atoms with van der Waals surface area (Å²) in [5.74, 6) is 2.25. The first-order valence-corrected chi connectivity index (χ1v) is 7.28. The highest BCUT2D eigenvalue weighted by Gasteiger charge is 2.28. The fraction of sp³-hybridized carbons (Fsp3) is 0.333. The van der Waals surface area contributed by atoms with Gasteiger partial charge in [0.25, 0.3) is 0 Å². The van der Waals surface area contributed by atoms with E-state index >= 15 is 0 Å². The van der Waals surface area contributed by atoms with E-state index in [9.17, 15) is 0 Å². The van der Waals surface area contributed by atoms with Gasteiger partial charge in [-0.2, -0.15) is 4.98 Å². The monoisotopic (exact) mass is 308 g/mol. The second kappa shape index (κ2) is 5.23. The Kier molecular flexibility index (Phi) is 3.57. The Hall–Kier alpha value is -1.32. The van der Waals surface area contributed by atoms with E-state index in [-0.39, 0.29) is 0 Å². The standard InChI is InChI=1S/C15H14Cl2N2O/c1-8-3-6-12(11(16)7-8)20-15-9(2)13(17)18-14(19-15)10-4-5-10/h3,6-7,10H,4-5H2,1-2H3. The number of rotatable bonds is 3. The van der Waals surface area contributed by atoms with Gasteiger partial charge in [-0.05, 0) is 44.4 Å². The van der Waals surface area contributed by atoms with Crippen molar-refractivity contribution in [1.82, 2.24) is 9.97 Å². The first-order chi connectivity index (χ1) is 9.54. The van der Waals surface area contributed by atoms with E-state index in [1.807, 2.05) is 32.0 Å². The predicted octanol–water partition coefficient (Wildman–Crippen LogP) is 5.07. The van der Waals surface area contributed by atoms with Crippen LogP contribution in [0.3, 0.4) is 0 Å². The average Bonchev–Trinajstić information content (AvgIpc) is 3.22. The minimum absolute atomic E-state index is 0.420. The molecule has 3 nitrogen and oxygen atoms in total. The number of aromatic nitrogens is 2. The number of benzene rings is 1. The molecule has 0 bridgehead atoms. The summed E-state index contributed by atoms with van der Waals surface area (Å²) in [6.45, 7) is 3.82. The van der Waals surface area contributed by atoms with Crippen molar-refractivity contribution in [2.45, 2.75) is 32.6 Å². The summed E-state index contributed by atoms with van der Waals surface area (Å²) < 4.78 is 5.83. The van der Waals surface area contributed by atoms with E-state index in [1.54, 1.807) is 0 Å². The third-order valence-corrected chi connectivity index (χ3v) is 3.96. The molecule has 1 aromatic heterocycles. The van der Waals surface area contributed by atoms with Crippen molar-refractivity contribution in [2.75, 3.05) is 0 Å². The molecule has 5 heteroatoms. The maximum atomic E-state index is 6.18. The van der Waals surface area contributed by atoms with Gasteiger partial charge in [0, 0.05) is 11.5 Å². The van der Waals surface area contributed by atoms with Crippen LogP contribution in [0.5, 0.6) is 11.6 Å². The molecule has 0 aliphatic heterocycles. The van der Waals surface area contributed by atoms with Crippen molar-refractivity contribution >= 4 is 23.2 Å². The first kappa shape index (κ1) is 13.7. The molecule has 104 valence electrons. The average molecular weight is 309 g/mol. The minimum Gasteiger partial charge on any atom is -0.437 e. The maximum Gasteiger partial charge on any atom is 0.227 e. The molecular weight excluding hydrogens is 295 g/mol. The van der Waals surface area contributed by atoms with Crippen LogP contribution < -0.4 is 4.74 Å². The fourth-order valence-electron chi connectivity index (χ4n) is 1.90. The zero-order chi connectivity index (χ0) is 14.3. The fourth-order valence-corrected chi connectivity index (χ4v) is 2.34. The third-order valence-electron chi connectivity index (χ3n) is 3.30. The molecule has 0 saturated heterocycles. The van der Waals surface area contributed by atoms with Gasteiger partial charge in [0.2, 0.25) is 5.88 Å². The van der Waals surface area contributed by atoms with Crippen LogP contribution in [-0.4, -0.2) is 9.97 Å². The molecule has 1 aliphatic rings. The molecule has 1 heterocycles. The van der Waals surface area contributed by atoms with Crippen LogP contribution in [0, 0.1) is 13.8 Å². The van der Waals surface area contributed by atoms with Crippen LogP contribution in [0.25, 0.3) is 0 Å². The van der Waals surface area contributed by atoms with E-state index in [0.717, 1.165) is 29.8 Å². The Morgan fingerprint density at radius 3 is 2.55 bits per heavy atom. The van der Waals surface area contributed by atoms with Crippen molar-refractivity contribution in [3.8, 4) is 11.6 Å². The highest BCUT2D eigenvalue weighted by molar-refractivity contribution is 6.32. The number of hydrogen-bond acceptors (Lipinski definition) is 3. The predicted molar refractivity (Wildman–Crippen MR) is 80.0 cm³/mol. The lowest BCUT2D eigenvalue weighted by molar-refractivity contribution is 0.454. The molecular formula is C15H14Cl2N2O. The normalized spacial score (nSPS) is 14.4. The van der Waals surface area contributed by atoms with Crippen molar-refractivity contribution in [3.05, 3.63) is 45.3 Å². The second-order valence-corrected chi connectivity index (χ2v) is 5.88. The highest BCUT2D eigenvalue weighted by atomic mass is 35.5. The topological polar surface area (TPSA) is 35.0 Å². The van der Waals surface area contributed by atoms with Crippen LogP contribution in [0.15, 0.2) is 18.2 Å². The van der Waals surface area contributed by atoms with Gasteiger partial charge in [-0.25, -0.2) is 4.98 Å². The Labute approximate surface area is 127 Å². The van der Waals surface area contributed by atoms with Crippen LogP contribution in [-0.2, 0) is 0 Å². The molecule has 2 aromatic rings.